The van der Waals surface area contributed by atoms with Gasteiger partial charge < -0.3 is 39.2 Å². The van der Waals surface area contributed by atoms with Gasteiger partial charge in [-0.3, -0.25) is 0 Å². The summed E-state index contributed by atoms with van der Waals surface area (Å²) in [7, 11) is 0. The first-order chi connectivity index (χ1) is 61.8. The molecule has 0 aliphatic carbocycles. The van der Waals surface area contributed by atoms with Gasteiger partial charge in [0, 0.05) is 142 Å². The van der Waals surface area contributed by atoms with Crippen molar-refractivity contribution in [3.05, 3.63) is 543 Å². The van der Waals surface area contributed by atoms with E-state index in [1.165, 1.54) is 27.8 Å². The van der Waals surface area contributed by atoms with Gasteiger partial charge in [-0.1, -0.05) is 230 Å². The highest BCUT2D eigenvalue weighted by Crippen LogP contribution is 2.48. The van der Waals surface area contributed by atoms with E-state index < -0.39 is 0 Å². The van der Waals surface area contributed by atoms with Gasteiger partial charge in [-0.25, -0.2) is 0 Å². The first-order valence-electron chi connectivity index (χ1n) is 42.6. The highest BCUT2D eigenvalue weighted by molar-refractivity contribution is 5.89. The predicted octanol–water partition coefficient (Wildman–Crippen LogP) is 33.2. The minimum absolute atomic E-state index is 0.0924. The van der Waals surface area contributed by atoms with Gasteiger partial charge in [-0.2, -0.15) is 0 Å². The van der Waals surface area contributed by atoms with Crippen LogP contribution in [0, 0.1) is 13.8 Å². The van der Waals surface area contributed by atoms with Gasteiger partial charge in [0.05, 0.1) is 0 Å². The zero-order chi connectivity index (χ0) is 84.0. The monoisotopic (exact) mass is 1610 g/mol. The van der Waals surface area contributed by atoms with Crippen molar-refractivity contribution in [3.63, 3.8) is 0 Å². The third-order valence-corrected chi connectivity index (χ3v) is 22.9. The number of nitrogens with zero attached hydrogens (tertiary/aromatic N) is 8. The Bertz CT molecular complexity index is 6250. The van der Waals surface area contributed by atoms with Crippen LogP contribution in [0.4, 0.5) is 136 Å². The predicted molar refractivity (Wildman–Crippen MR) is 527 cm³/mol. The molecule has 125 heavy (non-hydrogen) atoms. The van der Waals surface area contributed by atoms with Crippen LogP contribution in [0.25, 0.3) is 0 Å². The molecule has 0 heterocycles. The van der Waals surface area contributed by atoms with Gasteiger partial charge in [0.2, 0.25) is 0 Å². The topological polar surface area (TPSA) is 25.9 Å². The van der Waals surface area contributed by atoms with E-state index in [0.717, 1.165) is 136 Å². The Kier molecular flexibility index (Phi) is 23.0. The largest absolute Gasteiger partial charge is 0.311 e. The molecule has 0 aliphatic heterocycles. The zero-order valence-electron chi connectivity index (χ0n) is 69.7. The third-order valence-electron chi connectivity index (χ3n) is 22.9. The smallest absolute Gasteiger partial charge is 0.0464 e. The lowest BCUT2D eigenvalue weighted by Gasteiger charge is -2.30. The van der Waals surface area contributed by atoms with E-state index in [4.69, 9.17) is 0 Å². The molecule has 0 bridgehead atoms. The van der Waals surface area contributed by atoms with Crippen molar-refractivity contribution in [2.24, 2.45) is 0 Å². The Hall–Kier alpha value is -16.4. The fourth-order valence-corrected chi connectivity index (χ4v) is 17.1. The van der Waals surface area contributed by atoms with Crippen LogP contribution in [0.3, 0.4) is 0 Å². The Morgan fingerprint density at radius 2 is 0.248 bits per heavy atom. The average Bonchev–Trinajstić information content (AvgIpc) is 0.781. The fourth-order valence-electron chi connectivity index (χ4n) is 17.1. The van der Waals surface area contributed by atoms with Crippen LogP contribution in [0.5, 0.6) is 0 Å². The Morgan fingerprint density at radius 3 is 0.440 bits per heavy atom. The molecule has 1 unspecified atom stereocenters. The molecule has 8 heteroatoms. The molecule has 0 amide bonds. The van der Waals surface area contributed by atoms with Crippen LogP contribution in [0.2, 0.25) is 0 Å². The van der Waals surface area contributed by atoms with Gasteiger partial charge in [0.25, 0.3) is 0 Å². The van der Waals surface area contributed by atoms with Crippen molar-refractivity contribution in [3.8, 4) is 0 Å². The summed E-state index contributed by atoms with van der Waals surface area (Å²) in [4.78, 5) is 18.7. The average molecular weight is 1610 g/mol. The molecular formula is C117H92N8. The molecule has 0 aliphatic rings. The molecule has 0 aromatic heterocycles. The van der Waals surface area contributed by atoms with Crippen LogP contribution >= 0.6 is 0 Å². The summed E-state index contributed by atoms with van der Waals surface area (Å²) in [6.07, 6.45) is 0. The summed E-state index contributed by atoms with van der Waals surface area (Å²) in [6.45, 7) is 4.31. The van der Waals surface area contributed by atoms with E-state index in [0.29, 0.717) is 0 Å². The van der Waals surface area contributed by atoms with Crippen molar-refractivity contribution < 1.29 is 0 Å². The van der Waals surface area contributed by atoms with Crippen LogP contribution < -0.4 is 39.2 Å². The fraction of sp³-hybridized carbons (Fsp3) is 0.0256. The number of anilines is 24. The zero-order valence-corrected chi connectivity index (χ0v) is 69.7. The Balaban J connectivity index is 0.592. The molecule has 0 spiro atoms. The maximum Gasteiger partial charge on any atom is 0.0464 e. The molecule has 0 N–H and O–H groups in total. The van der Waals surface area contributed by atoms with Crippen molar-refractivity contribution in [2.75, 3.05) is 39.2 Å². The van der Waals surface area contributed by atoms with Crippen molar-refractivity contribution in [1.82, 2.24) is 0 Å². The summed E-state index contributed by atoms with van der Waals surface area (Å²) in [5.74, 6) is 0.0924. The molecule has 19 rings (SSSR count). The van der Waals surface area contributed by atoms with E-state index >= 15 is 0 Å². The first-order valence-corrected chi connectivity index (χ1v) is 42.6. The summed E-state index contributed by atoms with van der Waals surface area (Å²) in [5, 5.41) is 0. The molecule has 0 saturated carbocycles. The minimum atomic E-state index is 0.0924. The van der Waals surface area contributed by atoms with E-state index in [2.05, 4.69) is 569 Å². The second kappa shape index (κ2) is 36.7. The lowest BCUT2D eigenvalue weighted by atomic mass is 9.84. The number of benzene rings is 19. The second-order valence-electron chi connectivity index (χ2n) is 31.2. The Labute approximate surface area is 734 Å². The molecule has 600 valence electrons. The third kappa shape index (κ3) is 17.3. The lowest BCUT2D eigenvalue weighted by Crippen LogP contribution is -2.14. The van der Waals surface area contributed by atoms with Gasteiger partial charge in [-0.15, -0.1) is 0 Å². The normalized spacial score (nSPS) is 11.2. The van der Waals surface area contributed by atoms with Crippen LogP contribution in [0.1, 0.15) is 33.7 Å². The number of hydrogen-bond donors (Lipinski definition) is 0. The molecule has 0 saturated heterocycles. The molecule has 0 radical (unpaired) electrons. The summed E-state index contributed by atoms with van der Waals surface area (Å²) >= 11 is 0. The summed E-state index contributed by atoms with van der Waals surface area (Å²) < 4.78 is 0. The maximum absolute atomic E-state index is 2.34. The SMILES string of the molecule is Cc1cccc(C(c2ccccc2)c2ccc(N(c3ccccc3)c3ccc(N(c4ccccc4)c4ccc(N(c5ccccc5)c5ccc(N(c6ccccc6)c6ccc(N(c7ccccc7)c7ccc(N(c8ccccc8)c8ccc(N(c9ccccc9)c9ccc(N(c%10ccccc%10)c%10cccc(C)c%10)cc9)cc8)cc7)cc6)cc5)cc4)cc3)cc2)c1. The van der Waals surface area contributed by atoms with Gasteiger partial charge in [0.15, 0.2) is 0 Å². The van der Waals surface area contributed by atoms with Crippen molar-refractivity contribution >= 4 is 136 Å². The standard InChI is InChI=1S/C117H92N8/c1-88-32-30-36-92(86-88)117(90-34-12-3-13-35-90)91-54-56-101(57-55-91)118(93-37-14-4-15-38-93)102-58-60-103(61-59-102)119(94-39-16-5-17-40-94)104-62-64-105(65-63-104)120(95-41-18-6-19-42-95)106-66-68-107(69-67-106)121(96-43-20-7-21-44-96)108-70-72-109(73-71-108)122(97-45-22-8-23-46-97)110-74-76-111(77-75-110)123(98-47-24-9-25-48-98)112-78-80-113(81-79-112)124(99-49-26-10-27-50-99)114-82-84-115(85-83-114)125(100-51-28-11-29-52-100)116-53-31-33-89(2)87-116/h3-87,117H,1-2H3. The summed E-state index contributed by atoms with van der Waals surface area (Å²) in [6, 6.07) is 185. The molecular weight excluding hydrogens is 1520 g/mol. The van der Waals surface area contributed by atoms with Gasteiger partial charge in [-0.05, 0) is 327 Å². The van der Waals surface area contributed by atoms with E-state index in [1.54, 1.807) is 0 Å². The maximum atomic E-state index is 2.34. The highest BCUT2D eigenvalue weighted by Gasteiger charge is 2.25. The van der Waals surface area contributed by atoms with Gasteiger partial charge >= 0.3 is 0 Å². The summed E-state index contributed by atoms with van der Waals surface area (Å²) in [5.41, 5.74) is 31.4. The lowest BCUT2D eigenvalue weighted by molar-refractivity contribution is 0.974. The first kappa shape index (κ1) is 78.4. The number of hydrogen-bond acceptors (Lipinski definition) is 8. The molecule has 19 aromatic carbocycles. The second-order valence-corrected chi connectivity index (χ2v) is 31.2. The Morgan fingerprint density at radius 1 is 0.112 bits per heavy atom. The van der Waals surface area contributed by atoms with Crippen molar-refractivity contribution in [2.45, 2.75) is 19.8 Å². The van der Waals surface area contributed by atoms with E-state index in [1.807, 2.05) is 0 Å². The van der Waals surface area contributed by atoms with Crippen LogP contribution in [-0.4, -0.2) is 0 Å². The quantitative estimate of drug-likeness (QED) is 0.0470. The number of rotatable bonds is 27. The van der Waals surface area contributed by atoms with E-state index in [-0.39, 0.29) is 5.92 Å². The molecule has 8 nitrogen and oxygen atoms in total. The van der Waals surface area contributed by atoms with Crippen LogP contribution in [-0.2, 0) is 0 Å². The van der Waals surface area contributed by atoms with Gasteiger partial charge in [0.1, 0.15) is 0 Å². The highest BCUT2D eigenvalue weighted by atomic mass is 15.2. The van der Waals surface area contributed by atoms with Crippen LogP contribution in [0.15, 0.2) is 516 Å². The number of aryl methyl sites for hydroxylation is 2. The van der Waals surface area contributed by atoms with Crippen molar-refractivity contribution in [1.29, 1.82) is 0 Å². The minimum Gasteiger partial charge on any atom is -0.311 e. The van der Waals surface area contributed by atoms with E-state index in [9.17, 15) is 0 Å². The number of para-hydroxylation sites is 8. The molecule has 1 atom stereocenters. The molecule has 19 aromatic rings. The molecule has 0 fully saturated rings.